The fourth-order valence-electron chi connectivity index (χ4n) is 1.19. The number of esters is 1. The predicted octanol–water partition coefficient (Wildman–Crippen LogP) is 3.95. The molecule has 0 aliphatic rings. The van der Waals surface area contributed by atoms with Crippen molar-refractivity contribution in [2.24, 2.45) is 5.41 Å². The Balaban J connectivity index is 4.27. The van der Waals surface area contributed by atoms with Crippen LogP contribution >= 0.6 is 0 Å². The average molecular weight is 258 g/mol. The van der Waals surface area contributed by atoms with E-state index in [0.717, 1.165) is 6.42 Å². The summed E-state index contributed by atoms with van der Waals surface area (Å²) in [5.41, 5.74) is -1.04. The molecule has 0 spiro atoms. The first-order valence-corrected chi connectivity index (χ1v) is 6.77. The molecule has 0 aliphatic carbocycles. The van der Waals surface area contributed by atoms with Crippen molar-refractivity contribution in [3.8, 4) is 0 Å². The third-order valence-corrected chi connectivity index (χ3v) is 3.04. The number of hydrogen-bond acceptors (Lipinski definition) is 3. The molecule has 0 radical (unpaired) electrons. The molecule has 0 rings (SSSR count). The zero-order chi connectivity index (χ0) is 14.6. The molecule has 0 amide bonds. The second-order valence-electron chi connectivity index (χ2n) is 7.10. The van der Waals surface area contributed by atoms with Crippen molar-refractivity contribution in [3.05, 3.63) is 0 Å². The fraction of sp³-hybridized carbons (Fsp3) is 0.933. The minimum absolute atomic E-state index is 0.134. The van der Waals surface area contributed by atoms with Crippen molar-refractivity contribution in [2.45, 2.75) is 79.4 Å². The molecule has 3 heteroatoms. The van der Waals surface area contributed by atoms with E-state index in [2.05, 4.69) is 0 Å². The van der Waals surface area contributed by atoms with E-state index in [4.69, 9.17) is 9.47 Å². The first kappa shape index (κ1) is 17.4. The van der Waals surface area contributed by atoms with Gasteiger partial charge in [0.15, 0.2) is 0 Å². The molecule has 0 aromatic heterocycles. The standard InChI is InChI=1S/C15H30O3/c1-9-14(5,6)12(16)18-15(7,8)10-11-17-13(2,3)4/h9-11H2,1-8H3. The highest BCUT2D eigenvalue weighted by Crippen LogP contribution is 2.26. The van der Waals surface area contributed by atoms with Gasteiger partial charge in [-0.2, -0.15) is 0 Å². The van der Waals surface area contributed by atoms with Crippen LogP contribution in [0, 0.1) is 5.41 Å². The van der Waals surface area contributed by atoms with Crippen molar-refractivity contribution in [2.75, 3.05) is 6.61 Å². The Morgan fingerprint density at radius 1 is 1.00 bits per heavy atom. The summed E-state index contributed by atoms with van der Waals surface area (Å²) in [4.78, 5) is 12.0. The average Bonchev–Trinajstić information content (AvgIpc) is 2.14. The molecule has 0 unspecified atom stereocenters. The first-order valence-electron chi connectivity index (χ1n) is 6.77. The first-order chi connectivity index (χ1) is 7.90. The van der Waals surface area contributed by atoms with E-state index in [1.807, 2.05) is 55.4 Å². The van der Waals surface area contributed by atoms with Crippen LogP contribution in [-0.4, -0.2) is 23.8 Å². The third kappa shape index (κ3) is 7.00. The van der Waals surface area contributed by atoms with Gasteiger partial charge in [0.05, 0.1) is 17.6 Å². The highest BCUT2D eigenvalue weighted by molar-refractivity contribution is 5.76. The maximum atomic E-state index is 12.0. The van der Waals surface area contributed by atoms with E-state index < -0.39 is 11.0 Å². The van der Waals surface area contributed by atoms with Crippen LogP contribution < -0.4 is 0 Å². The molecule has 0 aromatic rings. The Morgan fingerprint density at radius 3 is 1.89 bits per heavy atom. The molecule has 0 aromatic carbocycles. The minimum Gasteiger partial charge on any atom is -0.459 e. The van der Waals surface area contributed by atoms with Gasteiger partial charge < -0.3 is 9.47 Å². The summed E-state index contributed by atoms with van der Waals surface area (Å²) < 4.78 is 11.3. The number of rotatable bonds is 6. The number of hydrogen-bond donors (Lipinski definition) is 0. The molecule has 0 heterocycles. The molecular weight excluding hydrogens is 228 g/mol. The van der Waals surface area contributed by atoms with Gasteiger partial charge in [0.1, 0.15) is 5.60 Å². The van der Waals surface area contributed by atoms with Crippen molar-refractivity contribution in [3.63, 3.8) is 0 Å². The van der Waals surface area contributed by atoms with Gasteiger partial charge in [-0.25, -0.2) is 0 Å². The summed E-state index contributed by atoms with van der Waals surface area (Å²) in [5, 5.41) is 0. The zero-order valence-corrected chi connectivity index (χ0v) is 13.3. The van der Waals surface area contributed by atoms with E-state index in [-0.39, 0.29) is 11.6 Å². The summed E-state index contributed by atoms with van der Waals surface area (Å²) >= 11 is 0. The van der Waals surface area contributed by atoms with Crippen LogP contribution in [0.15, 0.2) is 0 Å². The van der Waals surface area contributed by atoms with Gasteiger partial charge in [0.25, 0.3) is 0 Å². The second-order valence-corrected chi connectivity index (χ2v) is 7.10. The Labute approximate surface area is 112 Å². The summed E-state index contributed by atoms with van der Waals surface area (Å²) in [7, 11) is 0. The molecule has 0 N–H and O–H groups in total. The fourth-order valence-corrected chi connectivity index (χ4v) is 1.19. The summed E-state index contributed by atoms with van der Waals surface area (Å²) in [6.45, 7) is 16.3. The summed E-state index contributed by atoms with van der Waals surface area (Å²) in [6.07, 6.45) is 1.48. The molecule has 3 nitrogen and oxygen atoms in total. The lowest BCUT2D eigenvalue weighted by Crippen LogP contribution is -2.36. The van der Waals surface area contributed by atoms with E-state index in [9.17, 15) is 4.79 Å². The van der Waals surface area contributed by atoms with E-state index in [1.165, 1.54) is 0 Å². The second kappa shape index (κ2) is 6.05. The van der Waals surface area contributed by atoms with Crippen LogP contribution in [0.4, 0.5) is 0 Å². The van der Waals surface area contributed by atoms with Crippen molar-refractivity contribution < 1.29 is 14.3 Å². The molecule has 0 saturated carbocycles. The maximum Gasteiger partial charge on any atom is 0.312 e. The topological polar surface area (TPSA) is 35.5 Å². The lowest BCUT2D eigenvalue weighted by molar-refractivity contribution is -0.169. The van der Waals surface area contributed by atoms with Gasteiger partial charge in [-0.1, -0.05) is 6.92 Å². The van der Waals surface area contributed by atoms with Crippen molar-refractivity contribution in [1.29, 1.82) is 0 Å². The van der Waals surface area contributed by atoms with Gasteiger partial charge in [-0.15, -0.1) is 0 Å². The van der Waals surface area contributed by atoms with E-state index in [1.54, 1.807) is 0 Å². The summed E-state index contributed by atoms with van der Waals surface area (Å²) in [6, 6.07) is 0. The predicted molar refractivity (Wildman–Crippen MR) is 74.6 cm³/mol. The molecule has 18 heavy (non-hydrogen) atoms. The van der Waals surface area contributed by atoms with Gasteiger partial charge in [0, 0.05) is 6.42 Å². The lowest BCUT2D eigenvalue weighted by atomic mass is 9.90. The largest absolute Gasteiger partial charge is 0.459 e. The minimum atomic E-state index is -0.477. The number of carbonyl (C=O) groups is 1. The monoisotopic (exact) mass is 258 g/mol. The highest BCUT2D eigenvalue weighted by atomic mass is 16.6. The molecule has 0 aliphatic heterocycles. The molecular formula is C15H30O3. The maximum absolute atomic E-state index is 12.0. The van der Waals surface area contributed by atoms with Gasteiger partial charge in [-0.05, 0) is 54.9 Å². The van der Waals surface area contributed by atoms with Gasteiger partial charge in [-0.3, -0.25) is 4.79 Å². The van der Waals surface area contributed by atoms with Crippen molar-refractivity contribution in [1.82, 2.24) is 0 Å². The van der Waals surface area contributed by atoms with Crippen LogP contribution in [0.1, 0.15) is 68.2 Å². The molecule has 108 valence electrons. The van der Waals surface area contributed by atoms with Gasteiger partial charge in [0.2, 0.25) is 0 Å². The number of ether oxygens (including phenoxy) is 2. The van der Waals surface area contributed by atoms with Gasteiger partial charge >= 0.3 is 5.97 Å². The zero-order valence-electron chi connectivity index (χ0n) is 13.3. The van der Waals surface area contributed by atoms with Crippen LogP contribution in [0.25, 0.3) is 0 Å². The lowest BCUT2D eigenvalue weighted by Gasteiger charge is -2.31. The Bertz CT molecular complexity index is 272. The smallest absolute Gasteiger partial charge is 0.312 e. The molecule has 0 bridgehead atoms. The molecule has 0 atom stereocenters. The van der Waals surface area contributed by atoms with Crippen molar-refractivity contribution >= 4 is 5.97 Å². The Kier molecular flexibility index (Phi) is 5.86. The van der Waals surface area contributed by atoms with E-state index >= 15 is 0 Å². The molecule has 0 saturated heterocycles. The Hall–Kier alpha value is -0.570. The van der Waals surface area contributed by atoms with Crippen LogP contribution in [0.2, 0.25) is 0 Å². The highest BCUT2D eigenvalue weighted by Gasteiger charge is 2.32. The third-order valence-electron chi connectivity index (χ3n) is 3.04. The van der Waals surface area contributed by atoms with Crippen LogP contribution in [0.5, 0.6) is 0 Å². The molecule has 0 fully saturated rings. The van der Waals surface area contributed by atoms with Crippen LogP contribution in [-0.2, 0) is 14.3 Å². The van der Waals surface area contributed by atoms with Crippen LogP contribution in [0.3, 0.4) is 0 Å². The number of carbonyl (C=O) groups excluding carboxylic acids is 1. The quantitative estimate of drug-likeness (QED) is 0.677. The Morgan fingerprint density at radius 2 is 1.50 bits per heavy atom. The summed E-state index contributed by atoms with van der Waals surface area (Å²) in [5.74, 6) is -0.134. The SMILES string of the molecule is CCC(C)(C)C(=O)OC(C)(C)CCOC(C)(C)C. The van der Waals surface area contributed by atoms with E-state index in [0.29, 0.717) is 13.0 Å². The normalized spacial score (nSPS) is 13.6.